The van der Waals surface area contributed by atoms with Gasteiger partial charge in [-0.05, 0) is 37.9 Å². The largest absolute Gasteiger partial charge is 0.323 e. The highest BCUT2D eigenvalue weighted by atomic mass is 35.5. The molecule has 9 nitrogen and oxygen atoms in total. The van der Waals surface area contributed by atoms with Crippen molar-refractivity contribution in [1.82, 2.24) is 4.90 Å². The van der Waals surface area contributed by atoms with E-state index in [2.05, 4.69) is 5.32 Å². The molecule has 3 amide bonds. The van der Waals surface area contributed by atoms with Gasteiger partial charge in [-0.3, -0.25) is 29.4 Å². The van der Waals surface area contributed by atoms with E-state index in [-0.39, 0.29) is 23.3 Å². The minimum Gasteiger partial charge on any atom is -0.323 e. The molecular weight excluding hydrogens is 448 g/mol. The summed E-state index contributed by atoms with van der Waals surface area (Å²) in [5.74, 6) is -2.93. The number of fused-ring (bicyclic) bond motifs is 7. The molecule has 0 aromatic heterocycles. The maximum absolute atomic E-state index is 14.0. The van der Waals surface area contributed by atoms with Gasteiger partial charge in [0.15, 0.2) is 0 Å². The lowest BCUT2D eigenvalue weighted by Crippen LogP contribution is -2.54. The molecule has 1 N–H and O–H groups in total. The van der Waals surface area contributed by atoms with Crippen molar-refractivity contribution in [1.29, 1.82) is 0 Å². The number of nitro benzene ring substituents is 1. The molecular formula is C23H19ClN4O5. The number of hydrogen-bond donors (Lipinski definition) is 1. The quantitative estimate of drug-likeness (QED) is 0.413. The molecule has 3 fully saturated rings. The number of non-ortho nitro benzene ring substituents is 1. The lowest BCUT2D eigenvalue weighted by Gasteiger charge is -2.36. The molecule has 2 aromatic carbocycles. The topological polar surface area (TPSA) is 113 Å². The number of para-hydroxylation sites is 1. The van der Waals surface area contributed by atoms with Crippen molar-refractivity contribution in [2.24, 2.45) is 11.8 Å². The predicted octanol–water partition coefficient (Wildman–Crippen LogP) is 2.99. The van der Waals surface area contributed by atoms with E-state index in [1.165, 1.54) is 18.2 Å². The van der Waals surface area contributed by atoms with Gasteiger partial charge in [0, 0.05) is 23.7 Å². The number of nitro groups is 1. The van der Waals surface area contributed by atoms with Crippen LogP contribution in [0.3, 0.4) is 0 Å². The average Bonchev–Trinajstić information content (AvgIpc) is 3.48. The number of anilines is 2. The standard InChI is InChI=1S/C23H19ClN4O5/c1-11-7-8-12(28(32)33)10-16(11)27-20(29)17-15-6-3-9-26(15)23(18(17)21(27)30)13-4-2-5-14(24)19(13)25-22(23)31/h2,4-5,7-8,10,15,17-18H,3,6,9H2,1H3,(H,25,31)/t15-,17+,18+,23-/m1/s1. The van der Waals surface area contributed by atoms with Gasteiger partial charge in [-0.2, -0.15) is 0 Å². The summed E-state index contributed by atoms with van der Waals surface area (Å²) in [6.45, 7) is 2.29. The van der Waals surface area contributed by atoms with E-state index in [9.17, 15) is 24.5 Å². The van der Waals surface area contributed by atoms with Crippen molar-refractivity contribution >= 4 is 46.4 Å². The highest BCUT2D eigenvalue weighted by molar-refractivity contribution is 6.35. The Bertz CT molecular complexity index is 1300. The first-order valence-corrected chi connectivity index (χ1v) is 11.2. The number of nitrogens with zero attached hydrogens (tertiary/aromatic N) is 3. The lowest BCUT2D eigenvalue weighted by atomic mass is 9.75. The molecule has 33 heavy (non-hydrogen) atoms. The van der Waals surface area contributed by atoms with Crippen LogP contribution in [0.1, 0.15) is 24.0 Å². The van der Waals surface area contributed by atoms with Crippen LogP contribution < -0.4 is 10.2 Å². The molecule has 168 valence electrons. The maximum Gasteiger partial charge on any atom is 0.271 e. The van der Waals surface area contributed by atoms with E-state index in [0.29, 0.717) is 34.8 Å². The maximum atomic E-state index is 14.0. The van der Waals surface area contributed by atoms with Crippen LogP contribution in [0.4, 0.5) is 17.1 Å². The van der Waals surface area contributed by atoms with E-state index in [4.69, 9.17) is 11.6 Å². The van der Waals surface area contributed by atoms with Crippen LogP contribution in [0.15, 0.2) is 36.4 Å². The van der Waals surface area contributed by atoms with Gasteiger partial charge in [-0.1, -0.05) is 29.8 Å². The SMILES string of the molecule is Cc1ccc([N+](=O)[O-])cc1N1C(=O)[C@H]2[C@H]3CCCN3[C@@]3(C(=O)Nc4c(Cl)cccc43)[C@@H]2C1=O. The van der Waals surface area contributed by atoms with Gasteiger partial charge in [0.2, 0.25) is 11.8 Å². The first kappa shape index (κ1) is 20.3. The van der Waals surface area contributed by atoms with E-state index in [1.807, 2.05) is 4.90 Å². The Hall–Kier alpha value is -3.30. The molecule has 0 aliphatic carbocycles. The average molecular weight is 467 g/mol. The predicted molar refractivity (Wildman–Crippen MR) is 119 cm³/mol. The Morgan fingerprint density at radius 3 is 2.73 bits per heavy atom. The number of benzene rings is 2. The van der Waals surface area contributed by atoms with Crippen LogP contribution >= 0.6 is 11.6 Å². The molecule has 0 saturated carbocycles. The molecule has 0 radical (unpaired) electrons. The number of carbonyl (C=O) groups is 3. The van der Waals surface area contributed by atoms with Gasteiger partial charge in [-0.15, -0.1) is 0 Å². The Balaban J connectivity index is 1.56. The molecule has 0 bridgehead atoms. The fourth-order valence-corrected chi connectivity index (χ4v) is 6.61. The first-order valence-electron chi connectivity index (χ1n) is 10.8. The molecule has 4 atom stereocenters. The lowest BCUT2D eigenvalue weighted by molar-refractivity contribution is -0.384. The second kappa shape index (κ2) is 6.61. The van der Waals surface area contributed by atoms with Crippen molar-refractivity contribution < 1.29 is 19.3 Å². The summed E-state index contributed by atoms with van der Waals surface area (Å²) in [5, 5.41) is 14.6. The smallest absolute Gasteiger partial charge is 0.271 e. The van der Waals surface area contributed by atoms with Crippen molar-refractivity contribution in [3.8, 4) is 0 Å². The monoisotopic (exact) mass is 466 g/mol. The molecule has 10 heteroatoms. The van der Waals surface area contributed by atoms with Crippen LogP contribution in [-0.4, -0.2) is 40.1 Å². The van der Waals surface area contributed by atoms with Crippen LogP contribution in [0.25, 0.3) is 0 Å². The number of carbonyl (C=O) groups excluding carboxylic acids is 3. The van der Waals surface area contributed by atoms with E-state index >= 15 is 0 Å². The van der Waals surface area contributed by atoms with Gasteiger partial charge in [-0.25, -0.2) is 4.90 Å². The van der Waals surface area contributed by atoms with Crippen molar-refractivity contribution in [2.75, 3.05) is 16.8 Å². The molecule has 1 spiro atoms. The summed E-state index contributed by atoms with van der Waals surface area (Å²) >= 11 is 6.38. The number of rotatable bonds is 2. The zero-order valence-corrected chi connectivity index (χ0v) is 18.3. The minimum atomic E-state index is -1.33. The van der Waals surface area contributed by atoms with Crippen LogP contribution in [-0.2, 0) is 19.9 Å². The number of amides is 3. The molecule has 2 aromatic rings. The molecule has 4 aliphatic rings. The Morgan fingerprint density at radius 2 is 1.97 bits per heavy atom. The zero-order valence-electron chi connectivity index (χ0n) is 17.6. The van der Waals surface area contributed by atoms with Crippen LogP contribution in [0.2, 0.25) is 5.02 Å². The summed E-state index contributed by atoms with van der Waals surface area (Å²) in [5.41, 5.74) is 0.305. The molecule has 0 unspecified atom stereocenters. The van der Waals surface area contributed by atoms with Gasteiger partial charge in [0.1, 0.15) is 5.54 Å². The summed E-state index contributed by atoms with van der Waals surface area (Å²) in [7, 11) is 0. The van der Waals surface area contributed by atoms with E-state index in [0.717, 1.165) is 11.3 Å². The summed E-state index contributed by atoms with van der Waals surface area (Å²) in [6.07, 6.45) is 1.49. The van der Waals surface area contributed by atoms with Gasteiger partial charge < -0.3 is 5.32 Å². The van der Waals surface area contributed by atoms with Crippen molar-refractivity contribution in [3.63, 3.8) is 0 Å². The molecule has 3 saturated heterocycles. The summed E-state index contributed by atoms with van der Waals surface area (Å²) < 4.78 is 0. The van der Waals surface area contributed by atoms with E-state index in [1.54, 1.807) is 25.1 Å². The summed E-state index contributed by atoms with van der Waals surface area (Å²) in [4.78, 5) is 55.2. The van der Waals surface area contributed by atoms with Crippen molar-refractivity contribution in [3.05, 3.63) is 62.7 Å². The van der Waals surface area contributed by atoms with Gasteiger partial charge in [0.25, 0.3) is 11.6 Å². The second-order valence-electron chi connectivity index (χ2n) is 9.03. The first-order chi connectivity index (χ1) is 15.8. The van der Waals surface area contributed by atoms with Crippen LogP contribution in [0, 0.1) is 28.9 Å². The van der Waals surface area contributed by atoms with Crippen LogP contribution in [0.5, 0.6) is 0 Å². The van der Waals surface area contributed by atoms with Crippen molar-refractivity contribution in [2.45, 2.75) is 31.3 Å². The van der Waals surface area contributed by atoms with Gasteiger partial charge >= 0.3 is 0 Å². The van der Waals surface area contributed by atoms with E-state index < -0.39 is 34.1 Å². The number of imide groups is 1. The third-order valence-corrected chi connectivity index (χ3v) is 7.94. The number of nitrogens with one attached hydrogen (secondary N) is 1. The number of halogens is 1. The highest BCUT2D eigenvalue weighted by Crippen LogP contribution is 2.61. The normalized spacial score (nSPS) is 30.1. The molecule has 4 aliphatic heterocycles. The second-order valence-corrected chi connectivity index (χ2v) is 9.44. The Morgan fingerprint density at radius 1 is 1.18 bits per heavy atom. The Kier molecular flexibility index (Phi) is 4.07. The number of hydrogen-bond acceptors (Lipinski definition) is 6. The number of aryl methyl sites for hydroxylation is 1. The minimum absolute atomic E-state index is 0.193. The fourth-order valence-electron chi connectivity index (χ4n) is 6.38. The molecule has 4 heterocycles. The third-order valence-electron chi connectivity index (χ3n) is 7.62. The molecule has 6 rings (SSSR count). The third kappa shape index (κ3) is 2.33. The van der Waals surface area contributed by atoms with Gasteiger partial charge in [0.05, 0.1) is 33.2 Å². The zero-order chi connectivity index (χ0) is 23.2. The highest BCUT2D eigenvalue weighted by Gasteiger charge is 2.74. The summed E-state index contributed by atoms with van der Waals surface area (Å²) in [6, 6.07) is 9.05. The Labute approximate surface area is 193 Å². The fraction of sp³-hybridized carbons (Fsp3) is 0.348.